The average Bonchev–Trinajstić information content (AvgIpc) is 2.67. The minimum absolute atomic E-state index is 0.0647. The van der Waals surface area contributed by atoms with Gasteiger partial charge in [-0.1, -0.05) is 25.1 Å². The number of hydrogen-bond donors (Lipinski definition) is 1. The predicted molar refractivity (Wildman–Crippen MR) is 106 cm³/mol. The van der Waals surface area contributed by atoms with E-state index in [9.17, 15) is 4.79 Å². The number of rotatable bonds is 6. The molecule has 0 spiro atoms. The first-order valence-corrected chi connectivity index (χ1v) is 9.06. The maximum atomic E-state index is 12.8. The molecular weight excluding hydrogens is 324 g/mol. The summed E-state index contributed by atoms with van der Waals surface area (Å²) >= 11 is 0. The number of aromatic nitrogens is 1. The summed E-state index contributed by atoms with van der Waals surface area (Å²) in [5.74, 6) is 0.761. The maximum absolute atomic E-state index is 12.8. The molecule has 0 saturated heterocycles. The molecule has 2 aromatic carbocycles. The van der Waals surface area contributed by atoms with Gasteiger partial charge in [-0.2, -0.15) is 0 Å². The summed E-state index contributed by atoms with van der Waals surface area (Å²) in [5.41, 5.74) is 3.20. The van der Waals surface area contributed by atoms with Crippen LogP contribution in [0, 0.1) is 0 Å². The molecule has 3 rings (SSSR count). The number of carbonyl (C=O) groups is 1. The molecule has 1 heterocycles. The van der Waals surface area contributed by atoms with Gasteiger partial charge in [0, 0.05) is 17.0 Å². The van der Waals surface area contributed by atoms with E-state index < -0.39 is 0 Å². The molecule has 0 saturated carbocycles. The predicted octanol–water partition coefficient (Wildman–Crippen LogP) is 4.83. The van der Waals surface area contributed by atoms with E-state index in [2.05, 4.69) is 12.2 Å². The van der Waals surface area contributed by atoms with Gasteiger partial charge in [-0.15, -0.1) is 0 Å². The molecule has 0 fully saturated rings. The van der Waals surface area contributed by atoms with Gasteiger partial charge in [0.15, 0.2) is 0 Å². The third-order valence-corrected chi connectivity index (χ3v) is 4.41. The van der Waals surface area contributed by atoms with Crippen molar-refractivity contribution in [3.8, 4) is 17.0 Å². The second kappa shape index (κ2) is 8.00. The summed E-state index contributed by atoms with van der Waals surface area (Å²) in [4.78, 5) is 17.5. The zero-order valence-electron chi connectivity index (χ0n) is 15.5. The fourth-order valence-corrected chi connectivity index (χ4v) is 2.80. The molecule has 1 amide bonds. The Labute approximate surface area is 154 Å². The normalized spacial score (nSPS) is 12.0. The third kappa shape index (κ3) is 3.85. The molecule has 4 heteroatoms. The molecule has 1 unspecified atom stereocenters. The minimum Gasteiger partial charge on any atom is -0.494 e. The lowest BCUT2D eigenvalue weighted by Gasteiger charge is -2.14. The highest BCUT2D eigenvalue weighted by Crippen LogP contribution is 2.26. The first-order chi connectivity index (χ1) is 12.6. The Kier molecular flexibility index (Phi) is 5.52. The molecule has 1 N–H and O–H groups in total. The minimum atomic E-state index is -0.0647. The van der Waals surface area contributed by atoms with Crippen molar-refractivity contribution in [3.63, 3.8) is 0 Å². The number of nitrogens with zero attached hydrogens (tertiary/aromatic N) is 1. The number of carbonyl (C=O) groups excluding carboxylic acids is 1. The number of hydrogen-bond acceptors (Lipinski definition) is 3. The highest BCUT2D eigenvalue weighted by atomic mass is 16.5. The highest BCUT2D eigenvalue weighted by Gasteiger charge is 2.15. The van der Waals surface area contributed by atoms with Crippen molar-refractivity contribution in [2.75, 3.05) is 6.61 Å². The van der Waals surface area contributed by atoms with E-state index in [1.807, 2.05) is 68.4 Å². The summed E-state index contributed by atoms with van der Waals surface area (Å²) in [6.45, 7) is 6.66. The molecule has 1 aromatic heterocycles. The smallest absolute Gasteiger partial charge is 0.252 e. The monoisotopic (exact) mass is 348 g/mol. The van der Waals surface area contributed by atoms with Crippen LogP contribution in [0.4, 0.5) is 0 Å². The number of nitrogens with one attached hydrogen (secondary N) is 1. The van der Waals surface area contributed by atoms with E-state index in [-0.39, 0.29) is 11.9 Å². The third-order valence-electron chi connectivity index (χ3n) is 4.41. The lowest BCUT2D eigenvalue weighted by molar-refractivity contribution is 0.0941. The Hall–Kier alpha value is -2.88. The van der Waals surface area contributed by atoms with Crippen LogP contribution < -0.4 is 10.1 Å². The zero-order valence-corrected chi connectivity index (χ0v) is 15.5. The number of para-hydroxylation sites is 1. The zero-order chi connectivity index (χ0) is 18.5. The summed E-state index contributed by atoms with van der Waals surface area (Å²) in [5, 5.41) is 3.92. The highest BCUT2D eigenvalue weighted by molar-refractivity contribution is 6.07. The van der Waals surface area contributed by atoms with Crippen LogP contribution in [0.25, 0.3) is 22.2 Å². The van der Waals surface area contributed by atoms with Crippen LogP contribution in [0.1, 0.15) is 37.6 Å². The number of pyridine rings is 1. The molecule has 4 nitrogen and oxygen atoms in total. The molecule has 0 radical (unpaired) electrons. The number of fused-ring (bicyclic) bond motifs is 1. The van der Waals surface area contributed by atoms with Crippen LogP contribution >= 0.6 is 0 Å². The SMILES string of the molecule is CCOc1ccc(-c2cc(C(=O)NC(C)CC)c3ccccc3n2)cc1. The Bertz CT molecular complexity index is 904. The van der Waals surface area contributed by atoms with Gasteiger partial charge in [-0.25, -0.2) is 4.98 Å². The lowest BCUT2D eigenvalue weighted by atomic mass is 10.0. The second-order valence-electron chi connectivity index (χ2n) is 6.31. The van der Waals surface area contributed by atoms with Gasteiger partial charge in [-0.05, 0) is 56.7 Å². The summed E-state index contributed by atoms with van der Waals surface area (Å²) in [6, 6.07) is 17.5. The van der Waals surface area contributed by atoms with Crippen LogP contribution in [-0.2, 0) is 0 Å². The summed E-state index contributed by atoms with van der Waals surface area (Å²) in [7, 11) is 0. The molecular formula is C22H24N2O2. The second-order valence-corrected chi connectivity index (χ2v) is 6.31. The van der Waals surface area contributed by atoms with Crippen molar-refractivity contribution in [2.24, 2.45) is 0 Å². The van der Waals surface area contributed by atoms with Gasteiger partial charge < -0.3 is 10.1 Å². The van der Waals surface area contributed by atoms with Crippen molar-refractivity contribution >= 4 is 16.8 Å². The Balaban J connectivity index is 2.05. The number of amides is 1. The topological polar surface area (TPSA) is 51.2 Å². The first-order valence-electron chi connectivity index (χ1n) is 9.06. The van der Waals surface area contributed by atoms with Gasteiger partial charge in [0.25, 0.3) is 5.91 Å². The average molecular weight is 348 g/mol. The quantitative estimate of drug-likeness (QED) is 0.694. The molecule has 0 aliphatic rings. The van der Waals surface area contributed by atoms with Crippen molar-refractivity contribution in [1.29, 1.82) is 0 Å². The molecule has 0 aliphatic heterocycles. The molecule has 134 valence electrons. The van der Waals surface area contributed by atoms with Crippen LogP contribution in [0.2, 0.25) is 0 Å². The van der Waals surface area contributed by atoms with Crippen LogP contribution in [-0.4, -0.2) is 23.5 Å². The van der Waals surface area contributed by atoms with E-state index in [4.69, 9.17) is 9.72 Å². The van der Waals surface area contributed by atoms with Crippen LogP contribution in [0.5, 0.6) is 5.75 Å². The Morgan fingerprint density at radius 3 is 2.54 bits per heavy atom. The molecule has 0 aliphatic carbocycles. The fourth-order valence-electron chi connectivity index (χ4n) is 2.80. The van der Waals surface area contributed by atoms with E-state index in [1.54, 1.807) is 0 Å². The summed E-state index contributed by atoms with van der Waals surface area (Å²) in [6.07, 6.45) is 0.889. The van der Waals surface area contributed by atoms with E-state index in [0.29, 0.717) is 12.2 Å². The number of benzene rings is 2. The van der Waals surface area contributed by atoms with Crippen LogP contribution in [0.15, 0.2) is 54.6 Å². The Morgan fingerprint density at radius 1 is 1.12 bits per heavy atom. The van der Waals surface area contributed by atoms with E-state index in [0.717, 1.165) is 34.3 Å². The first kappa shape index (κ1) is 17.9. The van der Waals surface area contributed by atoms with Gasteiger partial charge in [0.2, 0.25) is 0 Å². The molecule has 0 bridgehead atoms. The van der Waals surface area contributed by atoms with Gasteiger partial charge in [-0.3, -0.25) is 4.79 Å². The van der Waals surface area contributed by atoms with Crippen LogP contribution in [0.3, 0.4) is 0 Å². The van der Waals surface area contributed by atoms with Gasteiger partial charge in [0.05, 0.1) is 23.4 Å². The Morgan fingerprint density at radius 2 is 1.85 bits per heavy atom. The van der Waals surface area contributed by atoms with E-state index >= 15 is 0 Å². The fraction of sp³-hybridized carbons (Fsp3) is 0.273. The number of ether oxygens (including phenoxy) is 1. The van der Waals surface area contributed by atoms with Gasteiger partial charge in [0.1, 0.15) is 5.75 Å². The summed E-state index contributed by atoms with van der Waals surface area (Å²) < 4.78 is 5.50. The molecule has 1 atom stereocenters. The van der Waals surface area contributed by atoms with Crippen molar-refractivity contribution in [2.45, 2.75) is 33.2 Å². The van der Waals surface area contributed by atoms with Crippen molar-refractivity contribution in [3.05, 3.63) is 60.2 Å². The van der Waals surface area contributed by atoms with Gasteiger partial charge >= 0.3 is 0 Å². The largest absolute Gasteiger partial charge is 0.494 e. The molecule has 3 aromatic rings. The van der Waals surface area contributed by atoms with Crippen molar-refractivity contribution in [1.82, 2.24) is 10.3 Å². The van der Waals surface area contributed by atoms with Crippen molar-refractivity contribution < 1.29 is 9.53 Å². The molecule has 26 heavy (non-hydrogen) atoms. The standard InChI is InChI=1S/C22H24N2O2/c1-4-15(3)23-22(25)19-14-21(24-20-9-7-6-8-18(19)20)16-10-12-17(13-11-16)26-5-2/h6-15H,4-5H2,1-3H3,(H,23,25). The lowest BCUT2D eigenvalue weighted by Crippen LogP contribution is -2.32. The van der Waals surface area contributed by atoms with E-state index in [1.165, 1.54) is 0 Å². The maximum Gasteiger partial charge on any atom is 0.252 e.